The first kappa shape index (κ1) is 12.2. The predicted molar refractivity (Wildman–Crippen MR) is 69.3 cm³/mol. The number of carbonyl (C=O) groups excluding carboxylic acids is 1. The zero-order valence-electron chi connectivity index (χ0n) is 9.78. The summed E-state index contributed by atoms with van der Waals surface area (Å²) in [5.41, 5.74) is 1.92. The second-order valence-corrected chi connectivity index (χ2v) is 4.48. The van der Waals surface area contributed by atoms with E-state index < -0.39 is 0 Å². The number of alkyl halides is 1. The summed E-state index contributed by atoms with van der Waals surface area (Å²) in [6, 6.07) is 5.74. The molecular formula is C14H15ClO2. The van der Waals surface area contributed by atoms with Crippen molar-refractivity contribution in [2.24, 2.45) is 5.92 Å². The highest BCUT2D eigenvalue weighted by molar-refractivity contribution is 6.17. The number of allylic oxidation sites excluding steroid dienone is 1. The number of rotatable bonds is 5. The summed E-state index contributed by atoms with van der Waals surface area (Å²) >= 11 is 5.83. The van der Waals surface area contributed by atoms with Crippen molar-refractivity contribution in [3.63, 3.8) is 0 Å². The van der Waals surface area contributed by atoms with Crippen LogP contribution in [0, 0.1) is 5.92 Å². The monoisotopic (exact) mass is 250 g/mol. The normalized spacial score (nSPS) is 15.2. The fraction of sp³-hybridized carbons (Fsp3) is 0.357. The Labute approximate surface area is 106 Å². The van der Waals surface area contributed by atoms with E-state index in [4.69, 9.17) is 16.3 Å². The Morgan fingerprint density at radius 3 is 2.88 bits per heavy atom. The molecule has 1 aromatic rings. The number of hydrogen-bond donors (Lipinski definition) is 0. The summed E-state index contributed by atoms with van der Waals surface area (Å²) in [5.74, 6) is 1.69. The molecule has 0 unspecified atom stereocenters. The number of hydrogen-bond acceptors (Lipinski definition) is 2. The summed E-state index contributed by atoms with van der Waals surface area (Å²) in [4.78, 5) is 11.5. The molecule has 0 amide bonds. The van der Waals surface area contributed by atoms with Crippen LogP contribution in [0.1, 0.15) is 24.0 Å². The van der Waals surface area contributed by atoms with Crippen molar-refractivity contribution in [1.29, 1.82) is 0 Å². The van der Waals surface area contributed by atoms with E-state index in [-0.39, 0.29) is 11.7 Å². The quantitative estimate of drug-likeness (QED) is 0.591. The van der Waals surface area contributed by atoms with Gasteiger partial charge < -0.3 is 4.74 Å². The average Bonchev–Trinajstić information content (AvgIpc) is 3.19. The predicted octanol–water partition coefficient (Wildman–Crippen LogP) is 3.43. The molecule has 1 aromatic carbocycles. The Kier molecular flexibility index (Phi) is 3.85. The van der Waals surface area contributed by atoms with Crippen LogP contribution in [0.5, 0.6) is 5.75 Å². The first-order valence-corrected chi connectivity index (χ1v) is 6.23. The van der Waals surface area contributed by atoms with E-state index >= 15 is 0 Å². The number of methoxy groups -OCH3 is 1. The Bertz CT molecular complexity index is 448. The number of halogens is 1. The molecule has 0 atom stereocenters. The van der Waals surface area contributed by atoms with Crippen LogP contribution in [0.25, 0.3) is 6.08 Å². The Morgan fingerprint density at radius 1 is 1.53 bits per heavy atom. The molecule has 90 valence electrons. The second kappa shape index (κ2) is 5.37. The third-order valence-electron chi connectivity index (χ3n) is 2.87. The molecule has 1 aliphatic rings. The van der Waals surface area contributed by atoms with E-state index in [9.17, 15) is 4.79 Å². The lowest BCUT2D eigenvalue weighted by Gasteiger charge is -2.06. The standard InChI is InChI=1S/C14H15ClO2/c1-17-14-7-3-10(8-12(14)9-15)2-6-13(16)11-4-5-11/h2-3,6-8,11H,4-5,9H2,1H3/b6-2+. The highest BCUT2D eigenvalue weighted by Gasteiger charge is 2.27. The van der Waals surface area contributed by atoms with Gasteiger partial charge in [-0.3, -0.25) is 4.79 Å². The second-order valence-electron chi connectivity index (χ2n) is 4.21. The maximum Gasteiger partial charge on any atom is 0.158 e. The Hall–Kier alpha value is -1.28. The van der Waals surface area contributed by atoms with Crippen molar-refractivity contribution < 1.29 is 9.53 Å². The van der Waals surface area contributed by atoms with Crippen LogP contribution in [-0.4, -0.2) is 12.9 Å². The number of carbonyl (C=O) groups is 1. The molecule has 1 aliphatic carbocycles. The van der Waals surface area contributed by atoms with E-state index in [1.165, 1.54) is 0 Å². The molecule has 0 aliphatic heterocycles. The minimum Gasteiger partial charge on any atom is -0.496 e. The lowest BCUT2D eigenvalue weighted by Crippen LogP contribution is -1.94. The van der Waals surface area contributed by atoms with Crippen molar-refractivity contribution in [2.45, 2.75) is 18.7 Å². The first-order chi connectivity index (χ1) is 8.24. The Morgan fingerprint density at radius 2 is 2.29 bits per heavy atom. The van der Waals surface area contributed by atoms with E-state index in [1.54, 1.807) is 13.2 Å². The van der Waals surface area contributed by atoms with Crippen LogP contribution in [-0.2, 0) is 10.7 Å². The number of ketones is 1. The van der Waals surface area contributed by atoms with Gasteiger partial charge in [-0.25, -0.2) is 0 Å². The Balaban J connectivity index is 2.12. The summed E-state index contributed by atoms with van der Waals surface area (Å²) in [5, 5.41) is 0. The fourth-order valence-corrected chi connectivity index (χ4v) is 1.90. The largest absolute Gasteiger partial charge is 0.496 e. The van der Waals surface area contributed by atoms with Gasteiger partial charge in [-0.05, 0) is 36.6 Å². The topological polar surface area (TPSA) is 26.3 Å². The molecule has 0 bridgehead atoms. The third kappa shape index (κ3) is 3.10. The van der Waals surface area contributed by atoms with Crippen molar-refractivity contribution in [2.75, 3.05) is 7.11 Å². The highest BCUT2D eigenvalue weighted by atomic mass is 35.5. The van der Waals surface area contributed by atoms with Crippen LogP contribution in [0.15, 0.2) is 24.3 Å². The van der Waals surface area contributed by atoms with Crippen molar-refractivity contribution in [3.05, 3.63) is 35.4 Å². The van der Waals surface area contributed by atoms with Crippen LogP contribution in [0.4, 0.5) is 0 Å². The van der Waals surface area contributed by atoms with Gasteiger partial charge in [0.25, 0.3) is 0 Å². The van der Waals surface area contributed by atoms with Crippen molar-refractivity contribution >= 4 is 23.5 Å². The molecule has 0 heterocycles. The molecular weight excluding hydrogens is 236 g/mol. The zero-order chi connectivity index (χ0) is 12.3. The van der Waals surface area contributed by atoms with Gasteiger partial charge in [0.15, 0.2) is 5.78 Å². The van der Waals surface area contributed by atoms with Crippen LogP contribution in [0.3, 0.4) is 0 Å². The molecule has 3 heteroatoms. The van der Waals surface area contributed by atoms with Gasteiger partial charge in [-0.15, -0.1) is 11.6 Å². The van der Waals surface area contributed by atoms with E-state index in [2.05, 4.69) is 0 Å². The van der Waals surface area contributed by atoms with Gasteiger partial charge in [-0.1, -0.05) is 12.1 Å². The van der Waals surface area contributed by atoms with Crippen LogP contribution < -0.4 is 4.74 Å². The first-order valence-electron chi connectivity index (χ1n) is 5.69. The van der Waals surface area contributed by atoms with E-state index in [0.717, 1.165) is 29.7 Å². The molecule has 1 saturated carbocycles. The van der Waals surface area contributed by atoms with Gasteiger partial charge in [0.1, 0.15) is 5.75 Å². The lowest BCUT2D eigenvalue weighted by atomic mass is 10.1. The minimum absolute atomic E-state index is 0.230. The molecule has 0 aromatic heterocycles. The van der Waals surface area contributed by atoms with Crippen molar-refractivity contribution in [3.8, 4) is 5.75 Å². The van der Waals surface area contributed by atoms with E-state index in [0.29, 0.717) is 5.88 Å². The molecule has 17 heavy (non-hydrogen) atoms. The van der Waals surface area contributed by atoms with Gasteiger partial charge in [-0.2, -0.15) is 0 Å². The summed E-state index contributed by atoms with van der Waals surface area (Å²) < 4.78 is 5.19. The molecule has 1 fully saturated rings. The van der Waals surface area contributed by atoms with Crippen LogP contribution in [0.2, 0.25) is 0 Å². The molecule has 0 spiro atoms. The van der Waals surface area contributed by atoms with Crippen LogP contribution >= 0.6 is 11.6 Å². The molecule has 0 radical (unpaired) electrons. The maximum atomic E-state index is 11.5. The smallest absolute Gasteiger partial charge is 0.158 e. The summed E-state index contributed by atoms with van der Waals surface area (Å²) in [7, 11) is 1.62. The highest BCUT2D eigenvalue weighted by Crippen LogP contribution is 2.30. The van der Waals surface area contributed by atoms with Gasteiger partial charge in [0.05, 0.1) is 13.0 Å². The molecule has 0 N–H and O–H groups in total. The fourth-order valence-electron chi connectivity index (χ4n) is 1.69. The number of ether oxygens (including phenoxy) is 1. The van der Waals surface area contributed by atoms with E-state index in [1.807, 2.05) is 24.3 Å². The molecule has 0 saturated heterocycles. The average molecular weight is 251 g/mol. The SMILES string of the molecule is COc1ccc(/C=C/C(=O)C2CC2)cc1CCl. The number of benzene rings is 1. The summed E-state index contributed by atoms with van der Waals surface area (Å²) in [6.45, 7) is 0. The molecule has 2 nitrogen and oxygen atoms in total. The summed E-state index contributed by atoms with van der Waals surface area (Å²) in [6.07, 6.45) is 5.59. The minimum atomic E-state index is 0.230. The van der Waals surface area contributed by atoms with Gasteiger partial charge in [0.2, 0.25) is 0 Å². The van der Waals surface area contributed by atoms with Gasteiger partial charge in [0, 0.05) is 11.5 Å². The van der Waals surface area contributed by atoms with Crippen molar-refractivity contribution in [1.82, 2.24) is 0 Å². The maximum absolute atomic E-state index is 11.5. The molecule has 2 rings (SSSR count). The zero-order valence-corrected chi connectivity index (χ0v) is 10.5. The van der Waals surface area contributed by atoms with Gasteiger partial charge >= 0.3 is 0 Å². The third-order valence-corrected chi connectivity index (χ3v) is 3.16. The lowest BCUT2D eigenvalue weighted by molar-refractivity contribution is -0.115.